The Morgan fingerprint density at radius 3 is 2.76 bits per heavy atom. The van der Waals surface area contributed by atoms with E-state index < -0.39 is 0 Å². The van der Waals surface area contributed by atoms with Gasteiger partial charge in [-0.2, -0.15) is 5.10 Å². The maximum Gasteiger partial charge on any atom is 0.185 e. The first kappa shape index (κ1) is 16.3. The van der Waals surface area contributed by atoms with Gasteiger partial charge < -0.3 is 10.2 Å². The fourth-order valence-corrected chi connectivity index (χ4v) is 4.06. The highest BCUT2D eigenvalue weighted by molar-refractivity contribution is 7.13. The minimum atomic E-state index is 0.472. The average molecular weight is 357 g/mol. The van der Waals surface area contributed by atoms with Gasteiger partial charge in [-0.15, -0.1) is 11.3 Å². The van der Waals surface area contributed by atoms with E-state index in [1.165, 1.54) is 25.7 Å². The highest BCUT2D eigenvalue weighted by Crippen LogP contribution is 2.34. The van der Waals surface area contributed by atoms with Gasteiger partial charge in [-0.3, -0.25) is 4.68 Å². The predicted molar refractivity (Wildman–Crippen MR) is 101 cm³/mol. The van der Waals surface area contributed by atoms with Gasteiger partial charge in [-0.25, -0.2) is 15.0 Å². The Morgan fingerprint density at radius 1 is 1.24 bits per heavy atom. The van der Waals surface area contributed by atoms with Gasteiger partial charge in [0.05, 0.1) is 23.8 Å². The fraction of sp³-hybridized carbons (Fsp3) is 0.529. The molecule has 0 atom stereocenters. The Labute approximate surface area is 151 Å². The van der Waals surface area contributed by atoms with Crippen molar-refractivity contribution in [1.82, 2.24) is 24.7 Å². The molecule has 1 aliphatic carbocycles. The number of anilines is 2. The van der Waals surface area contributed by atoms with Crippen LogP contribution in [0.15, 0.2) is 11.6 Å². The van der Waals surface area contributed by atoms with Crippen molar-refractivity contribution in [1.29, 1.82) is 0 Å². The Bertz CT molecular complexity index is 876. The molecule has 1 fully saturated rings. The number of fused-ring (bicyclic) bond motifs is 1. The summed E-state index contributed by atoms with van der Waals surface area (Å²) in [4.78, 5) is 16.3. The fourth-order valence-electron chi connectivity index (χ4n) is 3.30. The molecule has 0 aromatic carbocycles. The molecule has 1 aliphatic rings. The molecule has 1 N–H and O–H groups in total. The summed E-state index contributed by atoms with van der Waals surface area (Å²) in [5.74, 6) is 2.28. The molecule has 132 valence electrons. The number of aryl methyl sites for hydroxylation is 1. The molecule has 0 amide bonds. The zero-order chi connectivity index (χ0) is 17.4. The Balaban J connectivity index is 1.62. The molecule has 0 spiro atoms. The highest BCUT2D eigenvalue weighted by atomic mass is 32.1. The van der Waals surface area contributed by atoms with Crippen molar-refractivity contribution >= 4 is 33.3 Å². The van der Waals surface area contributed by atoms with E-state index >= 15 is 0 Å². The standard InChI is InChI=1S/C17H23N7S/c1-23(2)17-20-12(10-25-17)8-18-15-13-9-19-24(3)16(13)22-14(21-15)11-6-4-5-7-11/h9-11H,4-8H2,1-3H3,(H,18,21,22). The van der Waals surface area contributed by atoms with Gasteiger partial charge in [0.15, 0.2) is 10.8 Å². The topological polar surface area (TPSA) is 71.8 Å². The van der Waals surface area contributed by atoms with Crippen LogP contribution < -0.4 is 10.2 Å². The lowest BCUT2D eigenvalue weighted by Gasteiger charge is -2.12. The maximum atomic E-state index is 4.84. The van der Waals surface area contributed by atoms with E-state index in [2.05, 4.69) is 20.8 Å². The normalized spacial score (nSPS) is 15.2. The van der Waals surface area contributed by atoms with Crippen LogP contribution in [0.2, 0.25) is 0 Å². The molecule has 7 nitrogen and oxygen atoms in total. The molecule has 4 rings (SSSR count). The van der Waals surface area contributed by atoms with E-state index in [0.29, 0.717) is 12.5 Å². The quantitative estimate of drug-likeness (QED) is 0.756. The first-order valence-corrected chi connectivity index (χ1v) is 9.55. The van der Waals surface area contributed by atoms with Gasteiger partial charge in [0.1, 0.15) is 11.6 Å². The molecule has 0 radical (unpaired) electrons. The molecule has 3 aromatic heterocycles. The summed E-state index contributed by atoms with van der Waals surface area (Å²) in [6, 6.07) is 0. The molecular weight excluding hydrogens is 334 g/mol. The Morgan fingerprint density at radius 2 is 2.04 bits per heavy atom. The van der Waals surface area contributed by atoms with Crippen LogP contribution in [0, 0.1) is 0 Å². The summed E-state index contributed by atoms with van der Waals surface area (Å²) < 4.78 is 1.83. The molecule has 8 heteroatoms. The van der Waals surface area contributed by atoms with E-state index in [1.807, 2.05) is 36.9 Å². The molecule has 0 aliphatic heterocycles. The minimum absolute atomic E-state index is 0.472. The lowest BCUT2D eigenvalue weighted by Crippen LogP contribution is -2.10. The molecular formula is C17H23N7S. The van der Waals surface area contributed by atoms with Crippen LogP contribution in [0.1, 0.15) is 43.1 Å². The summed E-state index contributed by atoms with van der Waals surface area (Å²) >= 11 is 1.65. The van der Waals surface area contributed by atoms with Crippen LogP contribution in [-0.2, 0) is 13.6 Å². The van der Waals surface area contributed by atoms with E-state index in [9.17, 15) is 0 Å². The summed E-state index contributed by atoms with van der Waals surface area (Å²) in [5, 5.41) is 11.9. The van der Waals surface area contributed by atoms with E-state index in [1.54, 1.807) is 11.3 Å². The zero-order valence-corrected chi connectivity index (χ0v) is 15.7. The van der Waals surface area contributed by atoms with Crippen LogP contribution in [0.4, 0.5) is 10.9 Å². The van der Waals surface area contributed by atoms with Crippen LogP contribution >= 0.6 is 11.3 Å². The zero-order valence-electron chi connectivity index (χ0n) is 14.9. The molecule has 1 saturated carbocycles. The first-order chi connectivity index (χ1) is 12.1. The molecule has 25 heavy (non-hydrogen) atoms. The maximum absolute atomic E-state index is 4.84. The molecule has 0 saturated heterocycles. The van der Waals surface area contributed by atoms with Crippen LogP contribution in [-0.4, -0.2) is 38.8 Å². The predicted octanol–water partition coefficient (Wildman–Crippen LogP) is 3.16. The van der Waals surface area contributed by atoms with E-state index in [-0.39, 0.29) is 0 Å². The summed E-state index contributed by atoms with van der Waals surface area (Å²) in [6.45, 7) is 0.648. The Hall–Kier alpha value is -2.22. The largest absolute Gasteiger partial charge is 0.364 e. The number of nitrogens with zero attached hydrogens (tertiary/aromatic N) is 6. The average Bonchev–Trinajstić information content (AvgIpc) is 3.34. The number of rotatable bonds is 5. The van der Waals surface area contributed by atoms with Gasteiger partial charge in [-0.1, -0.05) is 12.8 Å². The summed E-state index contributed by atoms with van der Waals surface area (Å²) in [5.41, 5.74) is 1.92. The van der Waals surface area contributed by atoms with Crippen LogP contribution in [0.5, 0.6) is 0 Å². The van der Waals surface area contributed by atoms with Crippen molar-refractivity contribution in [2.24, 2.45) is 7.05 Å². The molecule has 3 aromatic rings. The third kappa shape index (κ3) is 3.18. The molecule has 3 heterocycles. The minimum Gasteiger partial charge on any atom is -0.364 e. The van der Waals surface area contributed by atoms with Crippen molar-refractivity contribution in [3.8, 4) is 0 Å². The van der Waals surface area contributed by atoms with Crippen LogP contribution in [0.3, 0.4) is 0 Å². The van der Waals surface area contributed by atoms with Gasteiger partial charge in [-0.05, 0) is 12.8 Å². The second kappa shape index (κ2) is 6.59. The van der Waals surface area contributed by atoms with Crippen molar-refractivity contribution < 1.29 is 0 Å². The SMILES string of the molecule is CN(C)c1nc(CNc2nc(C3CCCC3)nc3c2cnn3C)cs1. The number of aromatic nitrogens is 5. The number of hydrogen-bond donors (Lipinski definition) is 1. The Kier molecular flexibility index (Phi) is 4.29. The van der Waals surface area contributed by atoms with Gasteiger partial charge in [0, 0.05) is 32.4 Å². The van der Waals surface area contributed by atoms with Gasteiger partial charge in [0.2, 0.25) is 0 Å². The van der Waals surface area contributed by atoms with Gasteiger partial charge in [0.25, 0.3) is 0 Å². The monoisotopic (exact) mass is 357 g/mol. The van der Waals surface area contributed by atoms with E-state index in [0.717, 1.165) is 33.5 Å². The first-order valence-electron chi connectivity index (χ1n) is 8.67. The summed E-state index contributed by atoms with van der Waals surface area (Å²) in [6.07, 6.45) is 6.74. The molecule has 0 unspecified atom stereocenters. The second-order valence-corrected chi connectivity index (χ2v) is 7.62. The number of nitrogens with one attached hydrogen (secondary N) is 1. The third-order valence-electron chi connectivity index (χ3n) is 4.69. The summed E-state index contributed by atoms with van der Waals surface area (Å²) in [7, 11) is 5.95. The molecule has 0 bridgehead atoms. The van der Waals surface area contributed by atoms with Crippen molar-refractivity contribution in [2.45, 2.75) is 38.1 Å². The lowest BCUT2D eigenvalue weighted by molar-refractivity contribution is 0.667. The van der Waals surface area contributed by atoms with Gasteiger partial charge >= 0.3 is 0 Å². The number of thiazole rings is 1. The lowest BCUT2D eigenvalue weighted by atomic mass is 10.1. The van der Waals surface area contributed by atoms with Crippen LogP contribution in [0.25, 0.3) is 11.0 Å². The smallest absolute Gasteiger partial charge is 0.185 e. The van der Waals surface area contributed by atoms with Crippen molar-refractivity contribution in [2.75, 3.05) is 24.3 Å². The van der Waals surface area contributed by atoms with Crippen molar-refractivity contribution in [3.63, 3.8) is 0 Å². The van der Waals surface area contributed by atoms with E-state index in [4.69, 9.17) is 9.97 Å². The number of hydrogen-bond acceptors (Lipinski definition) is 7. The highest BCUT2D eigenvalue weighted by Gasteiger charge is 2.22. The van der Waals surface area contributed by atoms with Crippen molar-refractivity contribution in [3.05, 3.63) is 23.1 Å². The third-order valence-corrected chi connectivity index (χ3v) is 5.75. The second-order valence-electron chi connectivity index (χ2n) is 6.79.